The summed E-state index contributed by atoms with van der Waals surface area (Å²) in [5.41, 5.74) is 1.12. The summed E-state index contributed by atoms with van der Waals surface area (Å²) in [6.07, 6.45) is 4.83. The molecule has 1 atom stereocenters. The average molecular weight is 266 g/mol. The van der Waals surface area contributed by atoms with Crippen LogP contribution in [0.2, 0.25) is 0 Å². The van der Waals surface area contributed by atoms with Gasteiger partial charge >= 0.3 is 0 Å². The highest BCUT2D eigenvalue weighted by Crippen LogP contribution is 2.10. The van der Waals surface area contributed by atoms with Crippen molar-refractivity contribution in [1.82, 2.24) is 19.6 Å². The Bertz CT molecular complexity index is 432. The molecule has 6 nitrogen and oxygen atoms in total. The van der Waals surface area contributed by atoms with Gasteiger partial charge in [0.1, 0.15) is 0 Å². The first-order valence-corrected chi connectivity index (χ1v) is 6.66. The van der Waals surface area contributed by atoms with Gasteiger partial charge in [-0.2, -0.15) is 5.10 Å². The average Bonchev–Trinajstić information content (AvgIpc) is 2.89. The van der Waals surface area contributed by atoms with Crippen molar-refractivity contribution in [3.63, 3.8) is 0 Å². The summed E-state index contributed by atoms with van der Waals surface area (Å²) < 4.78 is 1.77. The maximum atomic E-state index is 11.5. The fraction of sp³-hybridized carbons (Fsp3) is 0.692. The topological polar surface area (TPSA) is 61.6 Å². The molecule has 0 bridgehead atoms. The lowest BCUT2D eigenvalue weighted by molar-refractivity contribution is -0.129. The van der Waals surface area contributed by atoms with Gasteiger partial charge in [-0.05, 0) is 13.5 Å². The van der Waals surface area contributed by atoms with E-state index in [1.807, 2.05) is 31.4 Å². The number of aryl methyl sites for hydroxylation is 1. The van der Waals surface area contributed by atoms with Gasteiger partial charge in [-0.25, -0.2) is 0 Å². The van der Waals surface area contributed by atoms with Crippen LogP contribution in [0.4, 0.5) is 0 Å². The molecule has 1 saturated heterocycles. The second kappa shape index (κ2) is 6.16. The third kappa shape index (κ3) is 4.04. The van der Waals surface area contributed by atoms with E-state index in [9.17, 15) is 9.90 Å². The lowest BCUT2D eigenvalue weighted by atomic mass is 10.2. The number of β-amino-alcohol motifs (C(OH)–C–C–N with tert-alkyl or cyclic N) is 1. The van der Waals surface area contributed by atoms with Gasteiger partial charge in [0.2, 0.25) is 5.91 Å². The minimum Gasteiger partial charge on any atom is -0.390 e. The van der Waals surface area contributed by atoms with Crippen LogP contribution in [0.3, 0.4) is 0 Å². The summed E-state index contributed by atoms with van der Waals surface area (Å²) in [4.78, 5) is 15.3. The molecule has 2 rings (SSSR count). The Hall–Kier alpha value is -1.40. The van der Waals surface area contributed by atoms with Crippen molar-refractivity contribution in [1.29, 1.82) is 0 Å². The molecule has 0 radical (unpaired) electrons. The highest BCUT2D eigenvalue weighted by molar-refractivity contribution is 5.78. The number of aliphatic hydroxyl groups is 1. The van der Waals surface area contributed by atoms with Crippen molar-refractivity contribution in [2.45, 2.75) is 25.5 Å². The predicted molar refractivity (Wildman–Crippen MR) is 71.4 cm³/mol. The number of hydrogen-bond donors (Lipinski definition) is 1. The predicted octanol–water partition coefficient (Wildman–Crippen LogP) is -0.165. The van der Waals surface area contributed by atoms with Gasteiger partial charge in [-0.15, -0.1) is 0 Å². The Kier molecular flexibility index (Phi) is 4.55. The molecule has 1 amide bonds. The van der Waals surface area contributed by atoms with Crippen molar-refractivity contribution in [2.24, 2.45) is 7.05 Å². The van der Waals surface area contributed by atoms with Crippen LogP contribution < -0.4 is 0 Å². The second-order valence-corrected chi connectivity index (χ2v) is 5.32. The molecule has 6 heteroatoms. The van der Waals surface area contributed by atoms with Crippen molar-refractivity contribution >= 4 is 5.91 Å². The normalized spacial score (nSPS) is 17.5. The van der Waals surface area contributed by atoms with Gasteiger partial charge in [0.05, 0.1) is 12.3 Å². The molecule has 1 aromatic heterocycles. The number of aromatic nitrogens is 2. The Balaban J connectivity index is 1.75. The van der Waals surface area contributed by atoms with Crippen LogP contribution in [0.5, 0.6) is 0 Å². The quantitative estimate of drug-likeness (QED) is 0.777. The third-order valence-corrected chi connectivity index (χ3v) is 3.34. The van der Waals surface area contributed by atoms with Gasteiger partial charge in [0, 0.05) is 51.4 Å². The number of likely N-dealkylation sites (N-methyl/N-ethyl adjacent to an activating group) is 1. The molecule has 0 aliphatic carbocycles. The molecule has 1 aliphatic heterocycles. The molecular weight excluding hydrogens is 244 g/mol. The van der Waals surface area contributed by atoms with E-state index in [1.54, 1.807) is 9.58 Å². The van der Waals surface area contributed by atoms with Crippen LogP contribution in [0.25, 0.3) is 0 Å². The van der Waals surface area contributed by atoms with Gasteiger partial charge in [0.15, 0.2) is 0 Å². The van der Waals surface area contributed by atoms with Crippen LogP contribution >= 0.6 is 0 Å². The summed E-state index contributed by atoms with van der Waals surface area (Å²) in [7, 11) is 3.85. The third-order valence-electron chi connectivity index (χ3n) is 3.34. The Morgan fingerprint density at radius 1 is 1.58 bits per heavy atom. The van der Waals surface area contributed by atoms with Crippen LogP contribution in [0.1, 0.15) is 18.4 Å². The van der Waals surface area contributed by atoms with Crippen molar-refractivity contribution < 1.29 is 9.90 Å². The van der Waals surface area contributed by atoms with E-state index in [0.717, 1.165) is 25.1 Å². The molecule has 1 N–H and O–H groups in total. The van der Waals surface area contributed by atoms with E-state index in [2.05, 4.69) is 5.10 Å². The lowest BCUT2D eigenvalue weighted by Gasteiger charge is -2.24. The van der Waals surface area contributed by atoms with Crippen molar-refractivity contribution in [3.8, 4) is 0 Å². The summed E-state index contributed by atoms with van der Waals surface area (Å²) >= 11 is 0. The number of nitrogens with zero attached hydrogens (tertiary/aromatic N) is 4. The van der Waals surface area contributed by atoms with Gasteiger partial charge in [-0.1, -0.05) is 0 Å². The molecule has 0 spiro atoms. The standard InChI is InChI=1S/C13H22N4O2/c1-15(7-11-6-14-16(2)8-11)9-12(18)10-17-5-3-4-13(17)19/h6,8,12,18H,3-5,7,9-10H2,1-2H3. The number of aliphatic hydroxyl groups excluding tert-OH is 1. The molecule has 2 heterocycles. The SMILES string of the molecule is CN(Cc1cnn(C)c1)CC(O)CN1CCCC1=O. The van der Waals surface area contributed by atoms with E-state index < -0.39 is 6.10 Å². The zero-order valence-electron chi connectivity index (χ0n) is 11.6. The number of likely N-dealkylation sites (tertiary alicyclic amines) is 1. The highest BCUT2D eigenvalue weighted by atomic mass is 16.3. The molecule has 0 saturated carbocycles. The molecule has 1 aromatic rings. The van der Waals surface area contributed by atoms with Gasteiger partial charge in [0.25, 0.3) is 0 Å². The first-order chi connectivity index (χ1) is 9.04. The minimum atomic E-state index is -0.497. The molecule has 0 aromatic carbocycles. The summed E-state index contributed by atoms with van der Waals surface area (Å²) in [5, 5.41) is 14.1. The molecule has 1 unspecified atom stereocenters. The van der Waals surface area contributed by atoms with E-state index in [-0.39, 0.29) is 5.91 Å². The smallest absolute Gasteiger partial charge is 0.222 e. The van der Waals surface area contributed by atoms with Crippen LogP contribution in [0.15, 0.2) is 12.4 Å². The van der Waals surface area contributed by atoms with Crippen molar-refractivity contribution in [2.75, 3.05) is 26.7 Å². The van der Waals surface area contributed by atoms with Gasteiger partial charge < -0.3 is 10.0 Å². The minimum absolute atomic E-state index is 0.161. The highest BCUT2D eigenvalue weighted by Gasteiger charge is 2.23. The number of carbonyl (C=O) groups is 1. The van der Waals surface area contributed by atoms with E-state index in [4.69, 9.17) is 0 Å². The molecule has 106 valence electrons. The zero-order valence-corrected chi connectivity index (χ0v) is 11.6. The Morgan fingerprint density at radius 3 is 2.95 bits per heavy atom. The first-order valence-electron chi connectivity index (χ1n) is 6.66. The summed E-state index contributed by atoms with van der Waals surface area (Å²) in [5.74, 6) is 0.161. The van der Waals surface area contributed by atoms with Crippen molar-refractivity contribution in [3.05, 3.63) is 18.0 Å². The number of carbonyl (C=O) groups excluding carboxylic acids is 1. The molecule has 1 fully saturated rings. The Morgan fingerprint density at radius 2 is 2.37 bits per heavy atom. The van der Waals surface area contributed by atoms with Crippen LogP contribution in [-0.2, 0) is 18.4 Å². The maximum Gasteiger partial charge on any atom is 0.222 e. The monoisotopic (exact) mass is 266 g/mol. The zero-order chi connectivity index (χ0) is 13.8. The van der Waals surface area contributed by atoms with E-state index in [1.165, 1.54) is 0 Å². The molecule has 1 aliphatic rings. The largest absolute Gasteiger partial charge is 0.390 e. The number of amides is 1. The molecule has 19 heavy (non-hydrogen) atoms. The fourth-order valence-corrected chi connectivity index (χ4v) is 2.50. The van der Waals surface area contributed by atoms with E-state index >= 15 is 0 Å². The van der Waals surface area contributed by atoms with Crippen LogP contribution in [-0.4, -0.2) is 63.4 Å². The molecular formula is C13H22N4O2. The Labute approximate surface area is 113 Å². The number of rotatable bonds is 6. The van der Waals surface area contributed by atoms with Crippen LogP contribution in [0, 0.1) is 0 Å². The summed E-state index contributed by atoms with van der Waals surface area (Å²) in [6, 6.07) is 0. The summed E-state index contributed by atoms with van der Waals surface area (Å²) in [6.45, 7) is 2.52. The van der Waals surface area contributed by atoms with E-state index in [0.29, 0.717) is 19.5 Å². The fourth-order valence-electron chi connectivity index (χ4n) is 2.50. The van der Waals surface area contributed by atoms with Gasteiger partial charge in [-0.3, -0.25) is 14.4 Å². The second-order valence-electron chi connectivity index (χ2n) is 5.32. The maximum absolute atomic E-state index is 11.5. The first kappa shape index (κ1) is 14.0. The lowest BCUT2D eigenvalue weighted by Crippen LogP contribution is -2.39. The number of hydrogen-bond acceptors (Lipinski definition) is 4.